The van der Waals surface area contributed by atoms with E-state index in [1.807, 2.05) is 13.1 Å². The first-order valence-electron chi connectivity index (χ1n) is 5.45. The lowest BCUT2D eigenvalue weighted by Gasteiger charge is -2.01. The molecule has 90 valence electrons. The minimum absolute atomic E-state index is 0.328. The summed E-state index contributed by atoms with van der Waals surface area (Å²) in [7, 11) is 1.89. The summed E-state index contributed by atoms with van der Waals surface area (Å²) in [6.45, 7) is 4.16. The number of benzene rings is 1. The van der Waals surface area contributed by atoms with Gasteiger partial charge in [0, 0.05) is 24.2 Å². The fraction of sp³-hybridized carbons (Fsp3) is 0.333. The van der Waals surface area contributed by atoms with Gasteiger partial charge in [-0.1, -0.05) is 25.4 Å². The van der Waals surface area contributed by atoms with Gasteiger partial charge in [0.2, 0.25) is 0 Å². The molecule has 0 spiro atoms. The first-order valence-corrected chi connectivity index (χ1v) is 5.83. The van der Waals surface area contributed by atoms with Gasteiger partial charge in [0.05, 0.1) is 5.02 Å². The Balaban J connectivity index is 2.50. The molecule has 2 N–H and O–H groups in total. The lowest BCUT2D eigenvalue weighted by Crippen LogP contribution is -2.00. The van der Waals surface area contributed by atoms with Crippen LogP contribution in [-0.2, 0) is 7.05 Å². The molecule has 1 aromatic carbocycles. The van der Waals surface area contributed by atoms with E-state index >= 15 is 0 Å². The van der Waals surface area contributed by atoms with Crippen molar-refractivity contribution in [3.8, 4) is 11.4 Å². The SMILES string of the molecule is CC(C)c1nc(-c2ccc(N)cc2Cl)nn1C. The van der Waals surface area contributed by atoms with Crippen molar-refractivity contribution in [2.45, 2.75) is 19.8 Å². The van der Waals surface area contributed by atoms with Gasteiger partial charge >= 0.3 is 0 Å². The Morgan fingerprint density at radius 3 is 2.59 bits per heavy atom. The molecule has 0 aliphatic carbocycles. The highest BCUT2D eigenvalue weighted by atomic mass is 35.5. The smallest absolute Gasteiger partial charge is 0.182 e. The highest BCUT2D eigenvalue weighted by Crippen LogP contribution is 2.28. The van der Waals surface area contributed by atoms with Crippen LogP contribution in [0, 0.1) is 0 Å². The predicted molar refractivity (Wildman–Crippen MR) is 70.0 cm³/mol. The maximum absolute atomic E-state index is 6.14. The van der Waals surface area contributed by atoms with Gasteiger partial charge in [-0.05, 0) is 18.2 Å². The zero-order chi connectivity index (χ0) is 12.6. The van der Waals surface area contributed by atoms with Crippen LogP contribution in [0.4, 0.5) is 5.69 Å². The Bertz CT molecular complexity index is 545. The van der Waals surface area contributed by atoms with Crippen molar-refractivity contribution in [3.05, 3.63) is 29.0 Å². The predicted octanol–water partition coefficient (Wildman–Crippen LogP) is 2.84. The van der Waals surface area contributed by atoms with Gasteiger partial charge in [-0.15, -0.1) is 0 Å². The number of halogens is 1. The summed E-state index contributed by atoms with van der Waals surface area (Å²) in [6.07, 6.45) is 0. The standard InChI is InChI=1S/C12H15ClN4/c1-7(2)12-15-11(16-17(12)3)9-5-4-8(14)6-10(9)13/h4-7H,14H2,1-3H3. The number of anilines is 1. The number of aryl methyl sites for hydroxylation is 1. The van der Waals surface area contributed by atoms with Crippen molar-refractivity contribution in [3.63, 3.8) is 0 Å². The summed E-state index contributed by atoms with van der Waals surface area (Å²) in [6, 6.07) is 5.35. The first-order chi connectivity index (χ1) is 7.99. The molecule has 0 saturated carbocycles. The maximum atomic E-state index is 6.14. The summed E-state index contributed by atoms with van der Waals surface area (Å²) < 4.78 is 1.78. The molecule has 0 aliphatic rings. The molecule has 0 radical (unpaired) electrons. The average Bonchev–Trinajstić information content (AvgIpc) is 2.60. The topological polar surface area (TPSA) is 56.7 Å². The molecule has 2 rings (SSSR count). The van der Waals surface area contributed by atoms with Crippen molar-refractivity contribution in [1.82, 2.24) is 14.8 Å². The second-order valence-electron chi connectivity index (χ2n) is 4.31. The van der Waals surface area contributed by atoms with Gasteiger partial charge in [-0.2, -0.15) is 5.10 Å². The zero-order valence-electron chi connectivity index (χ0n) is 10.1. The fourth-order valence-electron chi connectivity index (χ4n) is 1.73. The summed E-state index contributed by atoms with van der Waals surface area (Å²) in [4.78, 5) is 4.50. The molecule has 1 heterocycles. The largest absolute Gasteiger partial charge is 0.399 e. The van der Waals surface area contributed by atoms with Crippen molar-refractivity contribution >= 4 is 17.3 Å². The number of hydrogen-bond acceptors (Lipinski definition) is 3. The minimum atomic E-state index is 0.328. The van der Waals surface area contributed by atoms with E-state index < -0.39 is 0 Å². The molecule has 4 nitrogen and oxygen atoms in total. The van der Waals surface area contributed by atoms with Crippen molar-refractivity contribution in [2.75, 3.05) is 5.73 Å². The molecule has 5 heteroatoms. The molecular weight excluding hydrogens is 236 g/mol. The van der Waals surface area contributed by atoms with Crippen LogP contribution in [0.2, 0.25) is 5.02 Å². The maximum Gasteiger partial charge on any atom is 0.182 e. The highest BCUT2D eigenvalue weighted by Gasteiger charge is 2.14. The summed E-state index contributed by atoms with van der Waals surface area (Å²) in [5.74, 6) is 1.91. The Kier molecular flexibility index (Phi) is 3.07. The van der Waals surface area contributed by atoms with Crippen LogP contribution in [0.3, 0.4) is 0 Å². The molecule has 0 atom stereocenters. The Morgan fingerprint density at radius 1 is 1.35 bits per heavy atom. The molecule has 2 aromatic rings. The zero-order valence-corrected chi connectivity index (χ0v) is 10.9. The van der Waals surface area contributed by atoms with E-state index in [1.54, 1.807) is 16.8 Å². The van der Waals surface area contributed by atoms with Gasteiger partial charge in [0.1, 0.15) is 5.82 Å². The number of nitrogens with two attached hydrogens (primary N) is 1. The quantitative estimate of drug-likeness (QED) is 0.834. The van der Waals surface area contributed by atoms with E-state index in [2.05, 4.69) is 23.9 Å². The molecule has 1 aromatic heterocycles. The normalized spacial score (nSPS) is 11.1. The van der Waals surface area contributed by atoms with Crippen molar-refractivity contribution in [1.29, 1.82) is 0 Å². The van der Waals surface area contributed by atoms with E-state index in [0.29, 0.717) is 22.5 Å². The highest BCUT2D eigenvalue weighted by molar-refractivity contribution is 6.33. The molecule has 0 amide bonds. The van der Waals surface area contributed by atoms with Gasteiger partial charge in [-0.3, -0.25) is 4.68 Å². The van der Waals surface area contributed by atoms with Crippen LogP contribution in [0.5, 0.6) is 0 Å². The molecule has 0 aliphatic heterocycles. The van der Waals surface area contributed by atoms with Crippen LogP contribution in [-0.4, -0.2) is 14.8 Å². The van der Waals surface area contributed by atoms with Crippen LogP contribution in [0.1, 0.15) is 25.6 Å². The number of aromatic nitrogens is 3. The molecule has 0 bridgehead atoms. The van der Waals surface area contributed by atoms with E-state index in [0.717, 1.165) is 11.4 Å². The lowest BCUT2D eigenvalue weighted by atomic mass is 10.2. The van der Waals surface area contributed by atoms with Gasteiger partial charge in [0.25, 0.3) is 0 Å². The van der Waals surface area contributed by atoms with Crippen LogP contribution in [0.15, 0.2) is 18.2 Å². The Hall–Kier alpha value is -1.55. The second kappa shape index (κ2) is 4.37. The number of nitrogen functional groups attached to an aromatic ring is 1. The Morgan fingerprint density at radius 2 is 2.06 bits per heavy atom. The lowest BCUT2D eigenvalue weighted by molar-refractivity contribution is 0.655. The van der Waals surface area contributed by atoms with Crippen LogP contribution in [0.25, 0.3) is 11.4 Å². The van der Waals surface area contributed by atoms with E-state index in [-0.39, 0.29) is 0 Å². The third-order valence-electron chi connectivity index (χ3n) is 2.55. The third-order valence-corrected chi connectivity index (χ3v) is 2.86. The van der Waals surface area contributed by atoms with Crippen LogP contribution < -0.4 is 5.73 Å². The van der Waals surface area contributed by atoms with E-state index in [1.165, 1.54) is 0 Å². The van der Waals surface area contributed by atoms with Crippen LogP contribution >= 0.6 is 11.6 Å². The molecule has 0 unspecified atom stereocenters. The molecule has 0 saturated heterocycles. The van der Waals surface area contributed by atoms with Crippen molar-refractivity contribution in [2.24, 2.45) is 7.05 Å². The summed E-state index contributed by atoms with van der Waals surface area (Å²) in [5, 5.41) is 4.95. The van der Waals surface area contributed by atoms with E-state index in [4.69, 9.17) is 17.3 Å². The molecule has 17 heavy (non-hydrogen) atoms. The van der Waals surface area contributed by atoms with Crippen molar-refractivity contribution < 1.29 is 0 Å². The van der Waals surface area contributed by atoms with E-state index in [9.17, 15) is 0 Å². The van der Waals surface area contributed by atoms with Gasteiger partial charge < -0.3 is 5.73 Å². The number of nitrogens with zero attached hydrogens (tertiary/aromatic N) is 3. The number of hydrogen-bond donors (Lipinski definition) is 1. The Labute approximate surface area is 105 Å². The number of rotatable bonds is 2. The second-order valence-corrected chi connectivity index (χ2v) is 4.72. The summed E-state index contributed by atoms with van der Waals surface area (Å²) in [5.41, 5.74) is 7.10. The molecule has 0 fully saturated rings. The summed E-state index contributed by atoms with van der Waals surface area (Å²) >= 11 is 6.14. The monoisotopic (exact) mass is 250 g/mol. The first kappa shape index (κ1) is 11.9. The molecular formula is C12H15ClN4. The third kappa shape index (κ3) is 2.26. The van der Waals surface area contributed by atoms with Gasteiger partial charge in [0.15, 0.2) is 5.82 Å². The minimum Gasteiger partial charge on any atom is -0.399 e. The fourth-order valence-corrected chi connectivity index (χ4v) is 2.00. The van der Waals surface area contributed by atoms with Gasteiger partial charge in [-0.25, -0.2) is 4.98 Å². The average molecular weight is 251 g/mol.